The van der Waals surface area contributed by atoms with Crippen molar-refractivity contribution in [3.8, 4) is 16.9 Å². The van der Waals surface area contributed by atoms with Crippen molar-refractivity contribution in [3.63, 3.8) is 0 Å². The van der Waals surface area contributed by atoms with Gasteiger partial charge in [0.2, 0.25) is 0 Å². The fraction of sp³-hybridized carbons (Fsp3) is 0.133. The summed E-state index contributed by atoms with van der Waals surface area (Å²) in [7, 11) is 1.59. The number of halogens is 1. The molecule has 0 aliphatic rings. The lowest BCUT2D eigenvalue weighted by molar-refractivity contribution is 0.101. The molecule has 0 saturated heterocycles. The number of carbonyl (C=O) groups excluding carboxylic acids is 1. The van der Waals surface area contributed by atoms with Gasteiger partial charge in [0.1, 0.15) is 5.75 Å². The normalized spacial score (nSPS) is 10.2. The minimum atomic E-state index is 0.0302. The lowest BCUT2D eigenvalue weighted by atomic mass is 9.97. The molecule has 0 heterocycles. The van der Waals surface area contributed by atoms with Crippen molar-refractivity contribution in [2.24, 2.45) is 0 Å². The summed E-state index contributed by atoms with van der Waals surface area (Å²) in [5.41, 5.74) is 2.41. The lowest BCUT2D eigenvalue weighted by Gasteiger charge is -2.11. The summed E-state index contributed by atoms with van der Waals surface area (Å²) >= 11 is 5.94. The monoisotopic (exact) mass is 260 g/mol. The Bertz CT molecular complexity index is 591. The Hall–Kier alpha value is -1.80. The third-order valence-corrected chi connectivity index (χ3v) is 3.00. The maximum atomic E-state index is 11.6. The van der Waals surface area contributed by atoms with Gasteiger partial charge in [-0.3, -0.25) is 4.79 Å². The first kappa shape index (κ1) is 12.7. The van der Waals surface area contributed by atoms with E-state index >= 15 is 0 Å². The van der Waals surface area contributed by atoms with Crippen molar-refractivity contribution in [3.05, 3.63) is 53.1 Å². The summed E-state index contributed by atoms with van der Waals surface area (Å²) in [6, 6.07) is 12.9. The Morgan fingerprint density at radius 1 is 1.11 bits per heavy atom. The van der Waals surface area contributed by atoms with Crippen molar-refractivity contribution in [2.75, 3.05) is 7.11 Å². The van der Waals surface area contributed by atoms with Crippen LogP contribution in [-0.2, 0) is 0 Å². The molecule has 0 amide bonds. The molecule has 0 aliphatic carbocycles. The third kappa shape index (κ3) is 2.39. The first-order valence-electron chi connectivity index (χ1n) is 5.57. The van der Waals surface area contributed by atoms with Crippen molar-refractivity contribution < 1.29 is 9.53 Å². The van der Waals surface area contributed by atoms with E-state index in [9.17, 15) is 4.79 Å². The molecular weight excluding hydrogens is 248 g/mol. The second-order valence-corrected chi connectivity index (χ2v) is 4.38. The molecule has 2 rings (SSSR count). The molecule has 2 aromatic carbocycles. The van der Waals surface area contributed by atoms with Crippen LogP contribution in [0.1, 0.15) is 17.3 Å². The van der Waals surface area contributed by atoms with E-state index in [1.807, 2.05) is 30.3 Å². The van der Waals surface area contributed by atoms with E-state index in [-0.39, 0.29) is 5.78 Å². The Morgan fingerprint density at radius 3 is 2.50 bits per heavy atom. The first-order valence-corrected chi connectivity index (χ1v) is 5.95. The molecule has 0 aromatic heterocycles. The highest BCUT2D eigenvalue weighted by Gasteiger charge is 2.12. The molecule has 0 fully saturated rings. The molecule has 0 N–H and O–H groups in total. The molecule has 0 bridgehead atoms. The number of rotatable bonds is 3. The molecule has 0 atom stereocenters. The van der Waals surface area contributed by atoms with E-state index in [1.165, 1.54) is 0 Å². The molecule has 92 valence electrons. The molecule has 0 aliphatic heterocycles. The third-order valence-electron chi connectivity index (χ3n) is 2.76. The van der Waals surface area contributed by atoms with Gasteiger partial charge in [0.05, 0.1) is 7.11 Å². The molecule has 0 spiro atoms. The average Bonchev–Trinajstić information content (AvgIpc) is 2.38. The van der Waals surface area contributed by atoms with Gasteiger partial charge in [0.25, 0.3) is 0 Å². The zero-order valence-electron chi connectivity index (χ0n) is 10.2. The summed E-state index contributed by atoms with van der Waals surface area (Å²) in [5.74, 6) is 0.693. The maximum Gasteiger partial charge on any atom is 0.160 e. The van der Waals surface area contributed by atoms with Crippen molar-refractivity contribution >= 4 is 17.4 Å². The zero-order chi connectivity index (χ0) is 13.1. The van der Waals surface area contributed by atoms with Crippen LogP contribution in [0.15, 0.2) is 42.5 Å². The first-order chi connectivity index (χ1) is 8.63. The highest BCUT2D eigenvalue weighted by atomic mass is 35.5. The largest absolute Gasteiger partial charge is 0.496 e. The van der Waals surface area contributed by atoms with Gasteiger partial charge in [0.15, 0.2) is 5.78 Å². The Balaban J connectivity index is 2.65. The minimum absolute atomic E-state index is 0.0302. The van der Waals surface area contributed by atoms with E-state index in [4.69, 9.17) is 16.3 Å². The van der Waals surface area contributed by atoms with Gasteiger partial charge < -0.3 is 4.74 Å². The predicted octanol–water partition coefficient (Wildman–Crippen LogP) is 4.22. The highest BCUT2D eigenvalue weighted by molar-refractivity contribution is 6.30. The summed E-state index contributed by atoms with van der Waals surface area (Å²) in [4.78, 5) is 11.6. The van der Waals surface area contributed by atoms with Gasteiger partial charge in [-0.1, -0.05) is 35.9 Å². The maximum absolute atomic E-state index is 11.6. The fourth-order valence-electron chi connectivity index (χ4n) is 1.91. The number of ether oxygens (including phenoxy) is 1. The van der Waals surface area contributed by atoms with E-state index in [1.54, 1.807) is 26.2 Å². The standard InChI is InChI=1S/C15H13ClO2/c1-10(17)12-5-3-4-6-13(12)14-8-7-11(16)9-15(14)18-2/h3-9H,1-2H3. The zero-order valence-corrected chi connectivity index (χ0v) is 11.0. The topological polar surface area (TPSA) is 26.3 Å². The van der Waals surface area contributed by atoms with E-state index in [2.05, 4.69) is 0 Å². The minimum Gasteiger partial charge on any atom is -0.496 e. The Morgan fingerprint density at radius 2 is 1.83 bits per heavy atom. The van der Waals surface area contributed by atoms with Crippen molar-refractivity contribution in [2.45, 2.75) is 6.92 Å². The van der Waals surface area contributed by atoms with E-state index in [0.717, 1.165) is 11.1 Å². The number of carbonyl (C=O) groups is 1. The molecule has 3 heteroatoms. The van der Waals surface area contributed by atoms with Gasteiger partial charge in [0, 0.05) is 16.1 Å². The van der Waals surface area contributed by atoms with Gasteiger partial charge in [-0.2, -0.15) is 0 Å². The van der Waals surface area contributed by atoms with Crippen LogP contribution in [0, 0.1) is 0 Å². The molecule has 2 aromatic rings. The Labute approximate surface area is 111 Å². The number of hydrogen-bond donors (Lipinski definition) is 0. The molecular formula is C15H13ClO2. The van der Waals surface area contributed by atoms with Crippen LogP contribution in [0.4, 0.5) is 0 Å². The molecule has 0 saturated carbocycles. The van der Waals surface area contributed by atoms with Crippen LogP contribution in [0.25, 0.3) is 11.1 Å². The number of Topliss-reactive ketones (excluding diaryl/α,β-unsaturated/α-hetero) is 1. The van der Waals surface area contributed by atoms with Gasteiger partial charge in [-0.25, -0.2) is 0 Å². The lowest BCUT2D eigenvalue weighted by Crippen LogP contribution is -1.97. The number of ketones is 1. The fourth-order valence-corrected chi connectivity index (χ4v) is 2.07. The SMILES string of the molecule is COc1cc(Cl)ccc1-c1ccccc1C(C)=O. The quantitative estimate of drug-likeness (QED) is 0.773. The van der Waals surface area contributed by atoms with Crippen LogP contribution < -0.4 is 4.74 Å². The summed E-state index contributed by atoms with van der Waals surface area (Å²) in [5, 5.41) is 0.607. The summed E-state index contributed by atoms with van der Waals surface area (Å²) in [6.07, 6.45) is 0. The van der Waals surface area contributed by atoms with Crippen molar-refractivity contribution in [1.82, 2.24) is 0 Å². The van der Waals surface area contributed by atoms with Crippen LogP contribution in [0.5, 0.6) is 5.75 Å². The highest BCUT2D eigenvalue weighted by Crippen LogP contribution is 2.34. The van der Waals surface area contributed by atoms with Gasteiger partial charge in [-0.05, 0) is 30.7 Å². The van der Waals surface area contributed by atoms with Crippen LogP contribution >= 0.6 is 11.6 Å². The molecule has 18 heavy (non-hydrogen) atoms. The second-order valence-electron chi connectivity index (χ2n) is 3.95. The molecule has 0 unspecified atom stereocenters. The average molecular weight is 261 g/mol. The predicted molar refractivity (Wildman–Crippen MR) is 73.4 cm³/mol. The Kier molecular flexibility index (Phi) is 3.68. The number of benzene rings is 2. The van der Waals surface area contributed by atoms with Crippen LogP contribution in [0.3, 0.4) is 0 Å². The van der Waals surface area contributed by atoms with E-state index < -0.39 is 0 Å². The van der Waals surface area contributed by atoms with E-state index in [0.29, 0.717) is 16.3 Å². The van der Waals surface area contributed by atoms with Gasteiger partial charge in [-0.15, -0.1) is 0 Å². The summed E-state index contributed by atoms with van der Waals surface area (Å²) < 4.78 is 5.32. The van der Waals surface area contributed by atoms with Crippen LogP contribution in [-0.4, -0.2) is 12.9 Å². The molecule has 2 nitrogen and oxygen atoms in total. The van der Waals surface area contributed by atoms with Crippen molar-refractivity contribution in [1.29, 1.82) is 0 Å². The second kappa shape index (κ2) is 5.23. The molecule has 0 radical (unpaired) electrons. The number of methoxy groups -OCH3 is 1. The number of hydrogen-bond acceptors (Lipinski definition) is 2. The van der Waals surface area contributed by atoms with Crippen LogP contribution in [0.2, 0.25) is 5.02 Å². The summed E-state index contributed by atoms with van der Waals surface area (Å²) in [6.45, 7) is 1.56. The van der Waals surface area contributed by atoms with Gasteiger partial charge >= 0.3 is 0 Å². The smallest absolute Gasteiger partial charge is 0.160 e.